The number of rotatable bonds is 3. The van der Waals surface area contributed by atoms with Crippen molar-refractivity contribution in [3.05, 3.63) is 46.9 Å². The molecule has 6 heteroatoms. The average molecular weight is 310 g/mol. The number of halogens is 2. The number of fused-ring (bicyclic) bond motifs is 1. The van der Waals surface area contributed by atoms with E-state index in [-0.39, 0.29) is 5.38 Å². The molecule has 0 N–H and O–H groups in total. The van der Waals surface area contributed by atoms with Gasteiger partial charge in [-0.25, -0.2) is 9.97 Å². The third kappa shape index (κ3) is 2.41. The number of aryl methyl sites for hydroxylation is 1. The first-order chi connectivity index (χ1) is 9.54. The van der Waals surface area contributed by atoms with Crippen LogP contribution in [0.25, 0.3) is 11.0 Å². The second-order valence-corrected chi connectivity index (χ2v) is 5.76. The van der Waals surface area contributed by atoms with Crippen molar-refractivity contribution in [2.45, 2.75) is 25.8 Å². The summed E-state index contributed by atoms with van der Waals surface area (Å²) in [5.74, 6) is 2.18. The Morgan fingerprint density at radius 1 is 1.40 bits per heavy atom. The average Bonchev–Trinajstić information content (AvgIpc) is 2.95. The molecule has 104 valence electrons. The Morgan fingerprint density at radius 3 is 2.85 bits per heavy atom. The molecule has 0 radical (unpaired) electrons. The van der Waals surface area contributed by atoms with E-state index >= 15 is 0 Å². The minimum Gasteiger partial charge on any atom is -0.444 e. The Balaban J connectivity index is 2.15. The summed E-state index contributed by atoms with van der Waals surface area (Å²) in [7, 11) is 0. The van der Waals surface area contributed by atoms with Gasteiger partial charge in [0.15, 0.2) is 0 Å². The summed E-state index contributed by atoms with van der Waals surface area (Å²) in [5.41, 5.74) is 1.79. The maximum absolute atomic E-state index is 6.22. The number of hydrogen-bond acceptors (Lipinski definition) is 3. The van der Waals surface area contributed by atoms with Gasteiger partial charge in [-0.05, 0) is 32.0 Å². The van der Waals surface area contributed by atoms with Crippen molar-refractivity contribution in [3.63, 3.8) is 0 Å². The monoisotopic (exact) mass is 309 g/mol. The number of hydrogen-bond donors (Lipinski definition) is 0. The highest BCUT2D eigenvalue weighted by molar-refractivity contribution is 6.31. The highest BCUT2D eigenvalue weighted by Gasteiger charge is 2.17. The van der Waals surface area contributed by atoms with Gasteiger partial charge in [-0.3, -0.25) is 0 Å². The predicted octanol–water partition coefficient (Wildman–Crippen LogP) is 4.33. The van der Waals surface area contributed by atoms with Gasteiger partial charge in [-0.15, -0.1) is 11.6 Å². The van der Waals surface area contributed by atoms with Crippen molar-refractivity contribution in [2.24, 2.45) is 0 Å². The molecule has 3 rings (SSSR count). The van der Waals surface area contributed by atoms with Crippen LogP contribution >= 0.6 is 23.2 Å². The summed E-state index contributed by atoms with van der Waals surface area (Å²) in [6.45, 7) is 4.24. The van der Waals surface area contributed by atoms with Gasteiger partial charge in [0.05, 0.1) is 22.6 Å². The molecular formula is C14H13Cl2N3O. The van der Waals surface area contributed by atoms with Crippen LogP contribution in [0, 0.1) is 6.92 Å². The lowest BCUT2D eigenvalue weighted by Crippen LogP contribution is -2.06. The third-order valence-electron chi connectivity index (χ3n) is 3.06. The number of imidazole rings is 1. The fourth-order valence-electron chi connectivity index (χ4n) is 2.19. The van der Waals surface area contributed by atoms with Crippen LogP contribution in [0.3, 0.4) is 0 Å². The van der Waals surface area contributed by atoms with E-state index in [1.165, 1.54) is 0 Å². The Kier molecular flexibility index (Phi) is 3.44. The number of nitrogens with zero attached hydrogens (tertiary/aromatic N) is 3. The number of benzene rings is 1. The van der Waals surface area contributed by atoms with E-state index in [2.05, 4.69) is 9.97 Å². The Bertz CT molecular complexity index is 761. The fraction of sp³-hybridized carbons (Fsp3) is 0.286. The highest BCUT2D eigenvalue weighted by Crippen LogP contribution is 2.27. The molecule has 2 aromatic heterocycles. The summed E-state index contributed by atoms with van der Waals surface area (Å²) in [5, 5.41) is 0.452. The van der Waals surface area contributed by atoms with Crippen LogP contribution in [-0.2, 0) is 6.54 Å². The molecule has 3 aromatic rings. The summed E-state index contributed by atoms with van der Waals surface area (Å²) in [4.78, 5) is 8.79. The lowest BCUT2D eigenvalue weighted by molar-refractivity contribution is 0.456. The van der Waals surface area contributed by atoms with Crippen LogP contribution in [0.4, 0.5) is 0 Å². The first-order valence-electron chi connectivity index (χ1n) is 6.25. The quantitative estimate of drug-likeness (QED) is 0.676. The zero-order valence-corrected chi connectivity index (χ0v) is 12.6. The highest BCUT2D eigenvalue weighted by atomic mass is 35.5. The molecule has 0 saturated carbocycles. The van der Waals surface area contributed by atoms with Gasteiger partial charge in [-0.1, -0.05) is 11.6 Å². The van der Waals surface area contributed by atoms with Gasteiger partial charge < -0.3 is 8.98 Å². The van der Waals surface area contributed by atoms with Gasteiger partial charge in [-0.2, -0.15) is 0 Å². The van der Waals surface area contributed by atoms with E-state index in [1.807, 2.05) is 36.6 Å². The van der Waals surface area contributed by atoms with Gasteiger partial charge in [0.2, 0.25) is 5.89 Å². The van der Waals surface area contributed by atoms with Crippen molar-refractivity contribution in [2.75, 3.05) is 0 Å². The third-order valence-corrected chi connectivity index (χ3v) is 3.49. The van der Waals surface area contributed by atoms with Crippen LogP contribution in [0.1, 0.15) is 29.8 Å². The second-order valence-electron chi connectivity index (χ2n) is 4.67. The largest absolute Gasteiger partial charge is 0.444 e. The number of alkyl halides is 1. The van der Waals surface area contributed by atoms with Crippen molar-refractivity contribution in [1.82, 2.24) is 14.5 Å². The molecule has 0 aliphatic carbocycles. The van der Waals surface area contributed by atoms with Crippen LogP contribution in [-0.4, -0.2) is 14.5 Å². The molecule has 0 aliphatic rings. The normalized spacial score (nSPS) is 13.0. The van der Waals surface area contributed by atoms with Crippen molar-refractivity contribution < 1.29 is 4.42 Å². The molecule has 0 fully saturated rings. The van der Waals surface area contributed by atoms with Gasteiger partial charge >= 0.3 is 0 Å². The molecule has 1 aromatic carbocycles. The molecule has 0 aliphatic heterocycles. The van der Waals surface area contributed by atoms with E-state index < -0.39 is 0 Å². The topological polar surface area (TPSA) is 43.9 Å². The Labute approximate surface area is 126 Å². The fourth-order valence-corrected chi connectivity index (χ4v) is 2.53. The number of oxazole rings is 1. The van der Waals surface area contributed by atoms with Gasteiger partial charge in [0.25, 0.3) is 0 Å². The van der Waals surface area contributed by atoms with Crippen LogP contribution in [0.15, 0.2) is 28.8 Å². The minimum absolute atomic E-state index is 0.211. The maximum atomic E-state index is 6.22. The smallest absolute Gasteiger partial charge is 0.214 e. The lowest BCUT2D eigenvalue weighted by Gasteiger charge is -2.08. The Hall–Kier alpha value is -1.52. The molecule has 1 unspecified atom stereocenters. The molecule has 0 saturated heterocycles. The zero-order chi connectivity index (χ0) is 14.3. The minimum atomic E-state index is -0.211. The molecule has 0 amide bonds. The summed E-state index contributed by atoms with van der Waals surface area (Å²) < 4.78 is 7.53. The molecular weight excluding hydrogens is 297 g/mol. The molecule has 0 spiro atoms. The standard InChI is InChI=1S/C14H13Cl2N3O/c1-8-6-17-13(20-8)7-19-12-5-10(16)3-4-11(12)18-14(19)9(2)15/h3-6,9H,7H2,1-2H3. The Morgan fingerprint density at radius 2 is 2.20 bits per heavy atom. The van der Waals surface area contributed by atoms with Gasteiger partial charge in [0, 0.05) is 5.02 Å². The molecule has 20 heavy (non-hydrogen) atoms. The van der Waals surface area contributed by atoms with Crippen LogP contribution in [0.5, 0.6) is 0 Å². The van der Waals surface area contributed by atoms with Crippen molar-refractivity contribution >= 4 is 34.2 Å². The first kappa shape index (κ1) is 13.5. The van der Waals surface area contributed by atoms with Gasteiger partial charge in [0.1, 0.15) is 18.1 Å². The van der Waals surface area contributed by atoms with E-state index in [1.54, 1.807) is 6.20 Å². The zero-order valence-electron chi connectivity index (χ0n) is 11.1. The first-order valence-corrected chi connectivity index (χ1v) is 7.07. The summed E-state index contributed by atoms with van der Waals surface area (Å²) in [6, 6.07) is 5.58. The summed E-state index contributed by atoms with van der Waals surface area (Å²) in [6.07, 6.45) is 1.70. The lowest BCUT2D eigenvalue weighted by atomic mass is 10.3. The summed E-state index contributed by atoms with van der Waals surface area (Å²) >= 11 is 12.3. The number of aromatic nitrogens is 3. The maximum Gasteiger partial charge on any atom is 0.214 e. The molecule has 2 heterocycles. The van der Waals surface area contributed by atoms with E-state index in [0.29, 0.717) is 17.5 Å². The molecule has 4 nitrogen and oxygen atoms in total. The van der Waals surface area contributed by atoms with Crippen LogP contribution in [0.2, 0.25) is 5.02 Å². The van der Waals surface area contributed by atoms with Crippen molar-refractivity contribution in [1.29, 1.82) is 0 Å². The second kappa shape index (κ2) is 5.11. The SMILES string of the molecule is Cc1cnc(Cn2c(C(C)Cl)nc3ccc(Cl)cc32)o1. The van der Waals surface area contributed by atoms with E-state index in [9.17, 15) is 0 Å². The van der Waals surface area contributed by atoms with Crippen molar-refractivity contribution in [3.8, 4) is 0 Å². The van der Waals surface area contributed by atoms with E-state index in [4.69, 9.17) is 27.6 Å². The van der Waals surface area contributed by atoms with E-state index in [0.717, 1.165) is 22.6 Å². The molecule has 1 atom stereocenters. The predicted molar refractivity (Wildman–Crippen MR) is 79.4 cm³/mol. The molecule has 0 bridgehead atoms. The van der Waals surface area contributed by atoms with Crippen LogP contribution < -0.4 is 0 Å².